The summed E-state index contributed by atoms with van der Waals surface area (Å²) in [7, 11) is -3.71. The van der Waals surface area contributed by atoms with Crippen LogP contribution >= 0.6 is 0 Å². The van der Waals surface area contributed by atoms with Gasteiger partial charge in [-0.2, -0.15) is 0 Å². The van der Waals surface area contributed by atoms with Gasteiger partial charge in [-0.1, -0.05) is 26.0 Å². The molecule has 2 aromatic rings. The van der Waals surface area contributed by atoms with Crippen molar-refractivity contribution in [1.82, 2.24) is 13.9 Å². The van der Waals surface area contributed by atoms with Crippen LogP contribution in [0.2, 0.25) is 0 Å². The van der Waals surface area contributed by atoms with Gasteiger partial charge in [0.15, 0.2) is 0 Å². The van der Waals surface area contributed by atoms with Crippen LogP contribution in [0.3, 0.4) is 0 Å². The van der Waals surface area contributed by atoms with Crippen LogP contribution in [-0.4, -0.2) is 46.4 Å². The minimum absolute atomic E-state index is 0.0610. The summed E-state index contributed by atoms with van der Waals surface area (Å²) in [5.74, 6) is -0.901. The Morgan fingerprint density at radius 1 is 1.08 bits per heavy atom. The number of nitrogens with zero attached hydrogens (tertiary/aromatic N) is 3. The Balaban J connectivity index is 1.80. The number of rotatable bonds is 5. The molecule has 8 heteroatoms. The van der Waals surface area contributed by atoms with Gasteiger partial charge in [-0.15, -0.1) is 0 Å². The Morgan fingerprint density at radius 3 is 2.21 bits per heavy atom. The monoisotopic (exact) mass is 347 g/mol. The van der Waals surface area contributed by atoms with Gasteiger partial charge in [0, 0.05) is 24.9 Å². The standard InChI is InChI=1S/C16H17N3O4S/c1-11(2)14-17-7-8-19(14)24(22,23)10-9-18-15(20)12-5-3-4-6-13(12)16(18)21/h3-8,11H,9-10H2,1-2H3. The fraction of sp³-hybridized carbons (Fsp3) is 0.312. The molecule has 0 unspecified atom stereocenters. The second kappa shape index (κ2) is 5.86. The highest BCUT2D eigenvalue weighted by Gasteiger charge is 2.35. The van der Waals surface area contributed by atoms with Crippen molar-refractivity contribution >= 4 is 21.8 Å². The fourth-order valence-corrected chi connectivity index (χ4v) is 4.08. The van der Waals surface area contributed by atoms with Crippen molar-refractivity contribution < 1.29 is 18.0 Å². The molecule has 126 valence electrons. The van der Waals surface area contributed by atoms with E-state index in [0.29, 0.717) is 17.0 Å². The van der Waals surface area contributed by atoms with Gasteiger partial charge >= 0.3 is 0 Å². The molecule has 0 fully saturated rings. The molecule has 3 rings (SSSR count). The number of imidazole rings is 1. The Labute approximate surface area is 140 Å². The molecular formula is C16H17N3O4S. The first-order valence-corrected chi connectivity index (χ1v) is 9.15. The number of fused-ring (bicyclic) bond motifs is 1. The highest BCUT2D eigenvalue weighted by Crippen LogP contribution is 2.22. The third-order valence-electron chi connectivity index (χ3n) is 3.90. The molecule has 0 saturated carbocycles. The van der Waals surface area contributed by atoms with E-state index in [-0.39, 0.29) is 18.2 Å². The number of aromatic nitrogens is 2. The van der Waals surface area contributed by atoms with Gasteiger partial charge in [-0.05, 0) is 12.1 Å². The minimum atomic E-state index is -3.71. The zero-order valence-electron chi connectivity index (χ0n) is 13.3. The smallest absolute Gasteiger partial charge is 0.261 e. The first-order chi connectivity index (χ1) is 11.3. The van der Waals surface area contributed by atoms with E-state index in [9.17, 15) is 18.0 Å². The zero-order valence-corrected chi connectivity index (χ0v) is 14.2. The Bertz CT molecular complexity index is 880. The molecule has 1 aromatic carbocycles. The molecule has 1 aliphatic rings. The van der Waals surface area contributed by atoms with Crippen molar-refractivity contribution in [1.29, 1.82) is 0 Å². The second-order valence-corrected chi connectivity index (χ2v) is 7.82. The number of carbonyl (C=O) groups is 2. The van der Waals surface area contributed by atoms with E-state index in [1.807, 2.05) is 13.8 Å². The van der Waals surface area contributed by atoms with E-state index in [1.165, 1.54) is 12.4 Å². The summed E-state index contributed by atoms with van der Waals surface area (Å²) >= 11 is 0. The Hall–Kier alpha value is -2.48. The lowest BCUT2D eigenvalue weighted by Crippen LogP contribution is -2.35. The average molecular weight is 347 g/mol. The first-order valence-electron chi connectivity index (χ1n) is 7.54. The van der Waals surface area contributed by atoms with Crippen molar-refractivity contribution in [3.8, 4) is 0 Å². The molecule has 7 nitrogen and oxygen atoms in total. The topological polar surface area (TPSA) is 89.3 Å². The summed E-state index contributed by atoms with van der Waals surface area (Å²) in [6.45, 7) is 3.50. The van der Waals surface area contributed by atoms with Crippen molar-refractivity contribution in [2.75, 3.05) is 12.3 Å². The largest absolute Gasteiger partial charge is 0.273 e. The predicted molar refractivity (Wildman–Crippen MR) is 87.3 cm³/mol. The van der Waals surface area contributed by atoms with E-state index in [2.05, 4.69) is 4.98 Å². The van der Waals surface area contributed by atoms with E-state index >= 15 is 0 Å². The zero-order chi connectivity index (χ0) is 17.5. The predicted octanol–water partition coefficient (Wildman–Crippen LogP) is 1.48. The van der Waals surface area contributed by atoms with Crippen LogP contribution in [0.15, 0.2) is 36.7 Å². The Kier molecular flexibility index (Phi) is 4.00. The summed E-state index contributed by atoms with van der Waals surface area (Å²) in [5.41, 5.74) is 0.621. The number of hydrogen-bond donors (Lipinski definition) is 0. The van der Waals surface area contributed by atoms with Gasteiger partial charge in [0.1, 0.15) is 5.82 Å². The van der Waals surface area contributed by atoms with Crippen LogP contribution in [0.1, 0.15) is 46.3 Å². The molecule has 0 bridgehead atoms. The normalized spacial score (nSPS) is 14.5. The van der Waals surface area contributed by atoms with Crippen LogP contribution in [0, 0.1) is 0 Å². The maximum atomic E-state index is 12.5. The molecule has 0 spiro atoms. The van der Waals surface area contributed by atoms with Crippen molar-refractivity contribution in [2.45, 2.75) is 19.8 Å². The number of amides is 2. The number of benzene rings is 1. The fourth-order valence-electron chi connectivity index (χ4n) is 2.69. The van der Waals surface area contributed by atoms with Crippen LogP contribution in [-0.2, 0) is 10.0 Å². The summed E-state index contributed by atoms with van der Waals surface area (Å²) in [6, 6.07) is 6.48. The summed E-state index contributed by atoms with van der Waals surface area (Å²) in [4.78, 5) is 29.6. The van der Waals surface area contributed by atoms with Crippen molar-refractivity contribution in [3.05, 3.63) is 53.6 Å². The SMILES string of the molecule is CC(C)c1nccn1S(=O)(=O)CCN1C(=O)c2ccccc2C1=O. The van der Waals surface area contributed by atoms with Crippen LogP contribution in [0.25, 0.3) is 0 Å². The van der Waals surface area contributed by atoms with Gasteiger partial charge < -0.3 is 0 Å². The van der Waals surface area contributed by atoms with Crippen LogP contribution in [0.5, 0.6) is 0 Å². The quantitative estimate of drug-likeness (QED) is 0.764. The van der Waals surface area contributed by atoms with Crippen LogP contribution < -0.4 is 0 Å². The third kappa shape index (κ3) is 2.62. The van der Waals surface area contributed by atoms with Gasteiger partial charge in [0.05, 0.1) is 16.9 Å². The van der Waals surface area contributed by atoms with Gasteiger partial charge in [0.25, 0.3) is 11.8 Å². The minimum Gasteiger partial charge on any atom is -0.273 e. The number of imide groups is 1. The van der Waals surface area contributed by atoms with Gasteiger partial charge in [-0.3, -0.25) is 14.5 Å². The molecular weight excluding hydrogens is 330 g/mol. The van der Waals surface area contributed by atoms with Crippen molar-refractivity contribution in [2.24, 2.45) is 0 Å². The maximum Gasteiger partial charge on any atom is 0.261 e. The lowest BCUT2D eigenvalue weighted by atomic mass is 10.1. The molecule has 0 radical (unpaired) electrons. The summed E-state index contributed by atoms with van der Waals surface area (Å²) in [6.07, 6.45) is 2.81. The molecule has 0 N–H and O–H groups in total. The third-order valence-corrected chi connectivity index (χ3v) is 5.51. The average Bonchev–Trinajstić information content (AvgIpc) is 3.12. The van der Waals surface area contributed by atoms with E-state index in [0.717, 1.165) is 8.87 Å². The van der Waals surface area contributed by atoms with Crippen LogP contribution in [0.4, 0.5) is 0 Å². The molecule has 0 atom stereocenters. The molecule has 24 heavy (non-hydrogen) atoms. The number of carbonyl (C=O) groups excluding carboxylic acids is 2. The molecule has 0 saturated heterocycles. The van der Waals surface area contributed by atoms with E-state index < -0.39 is 21.8 Å². The summed E-state index contributed by atoms with van der Waals surface area (Å²) < 4.78 is 26.2. The first kappa shape index (κ1) is 16.4. The van der Waals surface area contributed by atoms with Gasteiger partial charge in [-0.25, -0.2) is 17.4 Å². The maximum absolute atomic E-state index is 12.5. The Morgan fingerprint density at radius 2 is 1.67 bits per heavy atom. The summed E-state index contributed by atoms with van der Waals surface area (Å²) in [5, 5.41) is 0. The highest BCUT2D eigenvalue weighted by atomic mass is 32.2. The van der Waals surface area contributed by atoms with Crippen molar-refractivity contribution in [3.63, 3.8) is 0 Å². The lowest BCUT2D eigenvalue weighted by Gasteiger charge is -2.15. The van der Waals surface area contributed by atoms with E-state index in [1.54, 1.807) is 24.3 Å². The van der Waals surface area contributed by atoms with Gasteiger partial charge in [0.2, 0.25) is 10.0 Å². The second-order valence-electron chi connectivity index (χ2n) is 5.86. The number of hydrogen-bond acceptors (Lipinski definition) is 5. The molecule has 2 amide bonds. The van der Waals surface area contributed by atoms with E-state index in [4.69, 9.17) is 0 Å². The highest BCUT2D eigenvalue weighted by molar-refractivity contribution is 7.89. The molecule has 1 aliphatic heterocycles. The molecule has 2 heterocycles. The molecule has 0 aliphatic carbocycles. The molecule has 1 aromatic heterocycles. The lowest BCUT2D eigenvalue weighted by molar-refractivity contribution is 0.0664.